The van der Waals surface area contributed by atoms with Crippen molar-refractivity contribution in [3.8, 4) is 0 Å². The zero-order valence-corrected chi connectivity index (χ0v) is 10.2. The Morgan fingerprint density at radius 3 is 2.74 bits per heavy atom. The predicted octanol–water partition coefficient (Wildman–Crippen LogP) is 2.96. The van der Waals surface area contributed by atoms with Gasteiger partial charge in [-0.3, -0.25) is 10.1 Å². The molecule has 0 radical (unpaired) electrons. The molecule has 2 unspecified atom stereocenters. The van der Waals surface area contributed by atoms with Crippen molar-refractivity contribution in [2.24, 2.45) is 0 Å². The Balaban J connectivity index is 1.73. The molecule has 1 heterocycles. The third-order valence-electron chi connectivity index (χ3n) is 3.32. The second-order valence-electron chi connectivity index (χ2n) is 4.63. The molecule has 1 aliphatic carbocycles. The zero-order chi connectivity index (χ0) is 13.2. The topological polar surface area (TPSA) is 68.1 Å². The number of hydrogen-bond acceptors (Lipinski definition) is 4. The van der Waals surface area contributed by atoms with E-state index < -0.39 is 4.92 Å². The summed E-state index contributed by atoms with van der Waals surface area (Å²) in [4.78, 5) is 14.5. The molecule has 1 fully saturated rings. The second kappa shape index (κ2) is 4.68. The summed E-state index contributed by atoms with van der Waals surface area (Å²) in [6.45, 7) is 0. The highest BCUT2D eigenvalue weighted by Crippen LogP contribution is 2.43. The Bertz CT molecular complexity index is 601. The van der Waals surface area contributed by atoms with E-state index in [4.69, 9.17) is 0 Å². The fraction of sp³-hybridized carbons (Fsp3) is 0.214. The van der Waals surface area contributed by atoms with Gasteiger partial charge in [0.1, 0.15) is 0 Å². The van der Waals surface area contributed by atoms with Gasteiger partial charge in [-0.2, -0.15) is 0 Å². The minimum Gasteiger partial charge on any atom is -0.361 e. The molecule has 19 heavy (non-hydrogen) atoms. The lowest BCUT2D eigenvalue weighted by Gasteiger charge is -2.05. The molecular formula is C14H13N3O2. The van der Waals surface area contributed by atoms with Crippen LogP contribution in [0.5, 0.6) is 0 Å². The van der Waals surface area contributed by atoms with Gasteiger partial charge in [-0.05, 0) is 18.1 Å². The molecule has 3 rings (SSSR count). The fourth-order valence-corrected chi connectivity index (χ4v) is 2.25. The number of nitro groups is 1. The number of anilines is 1. The van der Waals surface area contributed by atoms with Crippen LogP contribution in [-0.4, -0.2) is 15.9 Å². The van der Waals surface area contributed by atoms with Crippen LogP contribution in [0.3, 0.4) is 0 Å². The molecule has 0 aliphatic heterocycles. The maximum absolute atomic E-state index is 10.9. The SMILES string of the molecule is O=[N+]([O-])c1cccnc1NC1CC1c1ccccc1. The highest BCUT2D eigenvalue weighted by atomic mass is 16.6. The number of nitrogens with zero attached hydrogens (tertiary/aromatic N) is 2. The Labute approximate surface area is 110 Å². The van der Waals surface area contributed by atoms with E-state index >= 15 is 0 Å². The number of nitrogens with one attached hydrogen (secondary N) is 1. The van der Waals surface area contributed by atoms with E-state index in [1.165, 1.54) is 11.6 Å². The first kappa shape index (κ1) is 11.6. The van der Waals surface area contributed by atoms with Crippen molar-refractivity contribution in [2.75, 3.05) is 5.32 Å². The van der Waals surface area contributed by atoms with Gasteiger partial charge in [-0.15, -0.1) is 0 Å². The van der Waals surface area contributed by atoms with Crippen LogP contribution >= 0.6 is 0 Å². The van der Waals surface area contributed by atoms with E-state index in [1.807, 2.05) is 18.2 Å². The summed E-state index contributed by atoms with van der Waals surface area (Å²) in [5, 5.41) is 14.1. The van der Waals surface area contributed by atoms with Gasteiger partial charge in [0.15, 0.2) is 0 Å². The number of pyridine rings is 1. The molecule has 1 aromatic carbocycles. The van der Waals surface area contributed by atoms with Gasteiger partial charge in [-0.1, -0.05) is 30.3 Å². The van der Waals surface area contributed by atoms with Crippen LogP contribution < -0.4 is 5.32 Å². The van der Waals surface area contributed by atoms with E-state index in [1.54, 1.807) is 12.3 Å². The molecule has 0 bridgehead atoms. The Hall–Kier alpha value is -2.43. The van der Waals surface area contributed by atoms with Crippen LogP contribution in [0.2, 0.25) is 0 Å². The van der Waals surface area contributed by atoms with Crippen LogP contribution in [0, 0.1) is 10.1 Å². The van der Waals surface area contributed by atoms with Gasteiger partial charge < -0.3 is 5.32 Å². The predicted molar refractivity (Wildman–Crippen MR) is 72.1 cm³/mol. The number of rotatable bonds is 4. The lowest BCUT2D eigenvalue weighted by molar-refractivity contribution is -0.384. The van der Waals surface area contributed by atoms with Crippen molar-refractivity contribution in [3.05, 3.63) is 64.3 Å². The number of hydrogen-bond donors (Lipinski definition) is 1. The summed E-state index contributed by atoms with van der Waals surface area (Å²) in [6.07, 6.45) is 2.55. The molecule has 0 saturated heterocycles. The van der Waals surface area contributed by atoms with E-state index in [9.17, 15) is 10.1 Å². The summed E-state index contributed by atoms with van der Waals surface area (Å²) >= 11 is 0. The van der Waals surface area contributed by atoms with E-state index in [-0.39, 0.29) is 11.7 Å². The Morgan fingerprint density at radius 1 is 1.21 bits per heavy atom. The van der Waals surface area contributed by atoms with E-state index in [2.05, 4.69) is 22.4 Å². The van der Waals surface area contributed by atoms with Gasteiger partial charge in [0, 0.05) is 24.2 Å². The minimum atomic E-state index is -0.408. The second-order valence-corrected chi connectivity index (χ2v) is 4.63. The Kier molecular flexibility index (Phi) is 2.87. The quantitative estimate of drug-likeness (QED) is 0.673. The molecule has 1 saturated carbocycles. The lowest BCUT2D eigenvalue weighted by atomic mass is 10.1. The number of aromatic nitrogens is 1. The molecule has 96 valence electrons. The first-order valence-corrected chi connectivity index (χ1v) is 6.16. The average molecular weight is 255 g/mol. The van der Waals surface area contributed by atoms with E-state index in [0.717, 1.165) is 6.42 Å². The summed E-state index contributed by atoms with van der Waals surface area (Å²) in [5.41, 5.74) is 1.29. The molecule has 1 aliphatic rings. The summed E-state index contributed by atoms with van der Waals surface area (Å²) in [7, 11) is 0. The maximum Gasteiger partial charge on any atom is 0.311 e. The zero-order valence-electron chi connectivity index (χ0n) is 10.2. The van der Waals surface area contributed by atoms with Crippen LogP contribution in [0.4, 0.5) is 11.5 Å². The Morgan fingerprint density at radius 2 is 2.00 bits per heavy atom. The maximum atomic E-state index is 10.9. The van der Waals surface area contributed by atoms with Gasteiger partial charge in [0.2, 0.25) is 5.82 Å². The molecule has 0 spiro atoms. The summed E-state index contributed by atoms with van der Waals surface area (Å²) in [5.74, 6) is 0.777. The molecule has 5 nitrogen and oxygen atoms in total. The molecule has 2 atom stereocenters. The first-order valence-electron chi connectivity index (χ1n) is 6.16. The lowest BCUT2D eigenvalue weighted by Crippen LogP contribution is -2.08. The molecule has 1 N–H and O–H groups in total. The molecule has 5 heteroatoms. The summed E-state index contributed by atoms with van der Waals surface area (Å²) < 4.78 is 0. The summed E-state index contributed by atoms with van der Waals surface area (Å²) in [6, 6.07) is 13.4. The van der Waals surface area contributed by atoms with Gasteiger partial charge in [0.25, 0.3) is 0 Å². The third-order valence-corrected chi connectivity index (χ3v) is 3.32. The van der Waals surface area contributed by atoms with Crippen molar-refractivity contribution in [2.45, 2.75) is 18.4 Å². The first-order chi connectivity index (χ1) is 9.25. The largest absolute Gasteiger partial charge is 0.361 e. The van der Waals surface area contributed by atoms with E-state index in [0.29, 0.717) is 11.7 Å². The highest BCUT2D eigenvalue weighted by molar-refractivity contribution is 5.57. The van der Waals surface area contributed by atoms with Gasteiger partial charge in [-0.25, -0.2) is 4.98 Å². The normalized spacial score (nSPS) is 20.8. The molecular weight excluding hydrogens is 242 g/mol. The van der Waals surface area contributed by atoms with Crippen molar-refractivity contribution in [1.82, 2.24) is 4.98 Å². The van der Waals surface area contributed by atoms with Crippen LogP contribution in [-0.2, 0) is 0 Å². The average Bonchev–Trinajstić information content (AvgIpc) is 3.19. The number of benzene rings is 1. The van der Waals surface area contributed by atoms with Crippen LogP contribution in [0.25, 0.3) is 0 Å². The molecule has 0 amide bonds. The van der Waals surface area contributed by atoms with Crippen molar-refractivity contribution >= 4 is 11.5 Å². The smallest absolute Gasteiger partial charge is 0.311 e. The fourth-order valence-electron chi connectivity index (χ4n) is 2.25. The van der Waals surface area contributed by atoms with Gasteiger partial charge in [0.05, 0.1) is 4.92 Å². The van der Waals surface area contributed by atoms with Gasteiger partial charge >= 0.3 is 5.69 Å². The molecule has 1 aromatic heterocycles. The van der Waals surface area contributed by atoms with Crippen molar-refractivity contribution in [1.29, 1.82) is 0 Å². The monoisotopic (exact) mass is 255 g/mol. The highest BCUT2D eigenvalue weighted by Gasteiger charge is 2.39. The van der Waals surface area contributed by atoms with Crippen LogP contribution in [0.15, 0.2) is 48.7 Å². The minimum absolute atomic E-state index is 0.0289. The van der Waals surface area contributed by atoms with Crippen molar-refractivity contribution < 1.29 is 4.92 Å². The van der Waals surface area contributed by atoms with Crippen molar-refractivity contribution in [3.63, 3.8) is 0 Å². The van der Waals surface area contributed by atoms with Crippen LogP contribution in [0.1, 0.15) is 17.9 Å². The molecule has 2 aromatic rings. The third kappa shape index (κ3) is 2.40. The standard InChI is InChI=1S/C14H13N3O2/c18-17(19)13-7-4-8-15-14(13)16-12-9-11(12)10-5-2-1-3-6-10/h1-8,11-12H,9H2,(H,15,16).